The van der Waals surface area contributed by atoms with Crippen LogP contribution in [0.2, 0.25) is 0 Å². The SMILES string of the molecule is NCC=Cc1ccc(-c2ccc(S(N)(=O)=O)cc2)o1. The van der Waals surface area contributed by atoms with Crippen molar-refractivity contribution in [2.75, 3.05) is 6.54 Å². The second-order valence-electron chi connectivity index (χ2n) is 3.91. The maximum absolute atomic E-state index is 11.1. The number of furan rings is 1. The fourth-order valence-electron chi connectivity index (χ4n) is 1.59. The number of sulfonamides is 1. The van der Waals surface area contributed by atoms with E-state index in [9.17, 15) is 8.42 Å². The molecule has 0 atom stereocenters. The number of hydrogen-bond acceptors (Lipinski definition) is 4. The largest absolute Gasteiger partial charge is 0.457 e. The van der Waals surface area contributed by atoms with E-state index in [-0.39, 0.29) is 4.90 Å². The molecule has 2 aromatic rings. The normalized spacial score (nSPS) is 12.1. The zero-order chi connectivity index (χ0) is 13.9. The van der Waals surface area contributed by atoms with Crippen LogP contribution in [0.4, 0.5) is 0 Å². The summed E-state index contributed by atoms with van der Waals surface area (Å²) < 4.78 is 27.8. The third-order valence-electron chi connectivity index (χ3n) is 2.51. The van der Waals surface area contributed by atoms with Gasteiger partial charge in [-0.05, 0) is 42.5 Å². The van der Waals surface area contributed by atoms with Crippen LogP contribution >= 0.6 is 0 Å². The molecule has 1 aromatic heterocycles. The molecule has 5 nitrogen and oxygen atoms in total. The average molecular weight is 278 g/mol. The molecule has 100 valence electrons. The summed E-state index contributed by atoms with van der Waals surface area (Å²) in [5.41, 5.74) is 6.13. The van der Waals surface area contributed by atoms with Gasteiger partial charge in [0.05, 0.1) is 4.90 Å². The van der Waals surface area contributed by atoms with Gasteiger partial charge in [0.1, 0.15) is 11.5 Å². The first-order valence-corrected chi connectivity index (χ1v) is 7.15. The van der Waals surface area contributed by atoms with Crippen molar-refractivity contribution in [3.05, 3.63) is 48.2 Å². The van der Waals surface area contributed by atoms with Crippen molar-refractivity contribution in [1.82, 2.24) is 0 Å². The van der Waals surface area contributed by atoms with E-state index < -0.39 is 10.0 Å². The summed E-state index contributed by atoms with van der Waals surface area (Å²) in [5.74, 6) is 1.34. The van der Waals surface area contributed by atoms with E-state index in [0.29, 0.717) is 18.1 Å². The lowest BCUT2D eigenvalue weighted by Crippen LogP contribution is -2.11. The molecule has 0 aliphatic heterocycles. The molecule has 0 saturated carbocycles. The van der Waals surface area contributed by atoms with Gasteiger partial charge in [0.25, 0.3) is 0 Å². The Morgan fingerprint density at radius 2 is 1.79 bits per heavy atom. The molecule has 0 saturated heterocycles. The average Bonchev–Trinajstić information content (AvgIpc) is 2.84. The van der Waals surface area contributed by atoms with E-state index in [1.54, 1.807) is 24.3 Å². The Kier molecular flexibility index (Phi) is 3.84. The maximum atomic E-state index is 11.1. The fraction of sp³-hybridized carbons (Fsp3) is 0.0769. The molecule has 1 heterocycles. The second kappa shape index (κ2) is 5.40. The van der Waals surface area contributed by atoms with Gasteiger partial charge in [0.15, 0.2) is 0 Å². The van der Waals surface area contributed by atoms with Crippen molar-refractivity contribution < 1.29 is 12.8 Å². The number of primary sulfonamides is 1. The molecule has 0 bridgehead atoms. The van der Waals surface area contributed by atoms with Gasteiger partial charge in [0.2, 0.25) is 10.0 Å². The Morgan fingerprint density at radius 1 is 1.11 bits per heavy atom. The highest BCUT2D eigenvalue weighted by atomic mass is 32.2. The summed E-state index contributed by atoms with van der Waals surface area (Å²) in [7, 11) is -3.66. The molecule has 0 fully saturated rings. The zero-order valence-corrected chi connectivity index (χ0v) is 10.9. The molecule has 6 heteroatoms. The van der Waals surface area contributed by atoms with Gasteiger partial charge in [-0.25, -0.2) is 13.6 Å². The van der Waals surface area contributed by atoms with Crippen LogP contribution in [0.5, 0.6) is 0 Å². The van der Waals surface area contributed by atoms with Crippen LogP contribution in [0.15, 0.2) is 51.8 Å². The molecular weight excluding hydrogens is 264 g/mol. The van der Waals surface area contributed by atoms with Crippen molar-refractivity contribution in [2.45, 2.75) is 4.90 Å². The molecule has 0 spiro atoms. The Labute approximate surface area is 111 Å². The van der Waals surface area contributed by atoms with Crippen molar-refractivity contribution in [3.63, 3.8) is 0 Å². The zero-order valence-electron chi connectivity index (χ0n) is 10.1. The first-order valence-electron chi connectivity index (χ1n) is 5.60. The highest BCUT2D eigenvalue weighted by molar-refractivity contribution is 7.89. The van der Waals surface area contributed by atoms with Crippen LogP contribution in [-0.4, -0.2) is 15.0 Å². The Hall–Kier alpha value is -1.89. The minimum Gasteiger partial charge on any atom is -0.457 e. The van der Waals surface area contributed by atoms with Gasteiger partial charge < -0.3 is 10.2 Å². The molecule has 0 amide bonds. The summed E-state index contributed by atoms with van der Waals surface area (Å²) in [5, 5.41) is 5.03. The topological polar surface area (TPSA) is 99.3 Å². The van der Waals surface area contributed by atoms with Crippen LogP contribution in [0, 0.1) is 0 Å². The second-order valence-corrected chi connectivity index (χ2v) is 5.47. The predicted octanol–water partition coefficient (Wildman–Crippen LogP) is 1.57. The highest BCUT2D eigenvalue weighted by Gasteiger charge is 2.08. The summed E-state index contributed by atoms with van der Waals surface area (Å²) in [6.07, 6.45) is 3.56. The van der Waals surface area contributed by atoms with E-state index in [2.05, 4.69) is 0 Å². The molecular formula is C13H14N2O3S. The molecule has 2 rings (SSSR count). The molecule has 19 heavy (non-hydrogen) atoms. The van der Waals surface area contributed by atoms with Gasteiger partial charge >= 0.3 is 0 Å². The summed E-state index contributed by atoms with van der Waals surface area (Å²) >= 11 is 0. The minimum absolute atomic E-state index is 0.0751. The third-order valence-corrected chi connectivity index (χ3v) is 3.44. The molecule has 4 N–H and O–H groups in total. The van der Waals surface area contributed by atoms with Gasteiger partial charge in [0, 0.05) is 12.1 Å². The lowest BCUT2D eigenvalue weighted by molar-refractivity contribution is 0.571. The van der Waals surface area contributed by atoms with Crippen molar-refractivity contribution in [3.8, 4) is 11.3 Å². The smallest absolute Gasteiger partial charge is 0.238 e. The van der Waals surface area contributed by atoms with Crippen molar-refractivity contribution in [2.24, 2.45) is 10.9 Å². The van der Waals surface area contributed by atoms with E-state index in [0.717, 1.165) is 5.56 Å². The number of hydrogen-bond donors (Lipinski definition) is 2. The maximum Gasteiger partial charge on any atom is 0.238 e. The van der Waals surface area contributed by atoms with Crippen LogP contribution in [0.1, 0.15) is 5.76 Å². The van der Waals surface area contributed by atoms with Gasteiger partial charge in [-0.3, -0.25) is 0 Å². The summed E-state index contributed by atoms with van der Waals surface area (Å²) in [6, 6.07) is 9.81. The van der Waals surface area contributed by atoms with Crippen molar-refractivity contribution in [1.29, 1.82) is 0 Å². The van der Waals surface area contributed by atoms with Gasteiger partial charge in [-0.15, -0.1) is 0 Å². The Morgan fingerprint density at radius 3 is 2.37 bits per heavy atom. The predicted molar refractivity (Wildman–Crippen MR) is 73.6 cm³/mol. The summed E-state index contributed by atoms with van der Waals surface area (Å²) in [4.78, 5) is 0.0751. The number of benzene rings is 1. The third kappa shape index (κ3) is 3.31. The van der Waals surface area contributed by atoms with E-state index in [1.807, 2.05) is 12.1 Å². The van der Waals surface area contributed by atoms with E-state index in [4.69, 9.17) is 15.3 Å². The number of nitrogens with two attached hydrogens (primary N) is 2. The highest BCUT2D eigenvalue weighted by Crippen LogP contribution is 2.23. The molecule has 0 radical (unpaired) electrons. The minimum atomic E-state index is -3.66. The lowest BCUT2D eigenvalue weighted by atomic mass is 10.2. The monoisotopic (exact) mass is 278 g/mol. The molecule has 1 aromatic carbocycles. The summed E-state index contributed by atoms with van der Waals surface area (Å²) in [6.45, 7) is 0.444. The molecule has 0 aliphatic carbocycles. The van der Waals surface area contributed by atoms with Gasteiger partial charge in [-0.1, -0.05) is 6.08 Å². The standard InChI is InChI=1S/C13H14N2O3S/c14-9-1-2-11-5-8-13(18-11)10-3-6-12(7-4-10)19(15,16)17/h1-8H,9,14H2,(H2,15,16,17). The van der Waals surface area contributed by atoms with E-state index in [1.165, 1.54) is 12.1 Å². The van der Waals surface area contributed by atoms with Crippen LogP contribution in [-0.2, 0) is 10.0 Å². The Balaban J connectivity index is 2.28. The van der Waals surface area contributed by atoms with E-state index >= 15 is 0 Å². The molecule has 0 unspecified atom stereocenters. The fourth-order valence-corrected chi connectivity index (χ4v) is 2.11. The van der Waals surface area contributed by atoms with Crippen LogP contribution in [0.25, 0.3) is 17.4 Å². The van der Waals surface area contributed by atoms with Crippen LogP contribution < -0.4 is 10.9 Å². The molecule has 0 aliphatic rings. The van der Waals surface area contributed by atoms with Gasteiger partial charge in [-0.2, -0.15) is 0 Å². The quantitative estimate of drug-likeness (QED) is 0.886. The lowest BCUT2D eigenvalue weighted by Gasteiger charge is -2.00. The van der Waals surface area contributed by atoms with Crippen molar-refractivity contribution >= 4 is 16.1 Å². The first-order chi connectivity index (χ1) is 9.00. The Bertz CT molecular complexity index is 685. The number of rotatable bonds is 4. The van der Waals surface area contributed by atoms with Crippen LogP contribution in [0.3, 0.4) is 0 Å². The first kappa shape index (κ1) is 13.5.